The first-order valence-corrected chi connectivity index (χ1v) is 6.59. The van der Waals surface area contributed by atoms with Crippen molar-refractivity contribution in [2.45, 2.75) is 13.5 Å². The molecule has 2 rings (SSSR count). The van der Waals surface area contributed by atoms with Gasteiger partial charge in [0.15, 0.2) is 0 Å². The predicted molar refractivity (Wildman–Crippen MR) is 75.4 cm³/mol. The first-order chi connectivity index (χ1) is 9.51. The van der Waals surface area contributed by atoms with Gasteiger partial charge in [0.1, 0.15) is 23.9 Å². The summed E-state index contributed by atoms with van der Waals surface area (Å²) in [7, 11) is 1.57. The van der Waals surface area contributed by atoms with E-state index in [1.807, 2.05) is 6.07 Å². The minimum Gasteiger partial charge on any atom is -0.495 e. The number of furan rings is 1. The Morgan fingerprint density at radius 3 is 2.75 bits per heavy atom. The van der Waals surface area contributed by atoms with E-state index in [9.17, 15) is 4.79 Å². The first-order valence-electron chi connectivity index (χ1n) is 5.80. The zero-order valence-corrected chi connectivity index (χ0v) is 12.6. The highest BCUT2D eigenvalue weighted by Gasteiger charge is 2.13. The Morgan fingerprint density at radius 2 is 2.15 bits per heavy atom. The molecule has 2 aromatic rings. The van der Waals surface area contributed by atoms with Gasteiger partial charge in [-0.15, -0.1) is 0 Å². The van der Waals surface area contributed by atoms with Crippen LogP contribution < -0.4 is 9.47 Å². The van der Waals surface area contributed by atoms with Gasteiger partial charge in [-0.1, -0.05) is 0 Å². The van der Waals surface area contributed by atoms with Gasteiger partial charge in [-0.2, -0.15) is 0 Å². The number of aryl methyl sites for hydroxylation is 1. The van der Waals surface area contributed by atoms with Crippen LogP contribution in [0.15, 0.2) is 33.2 Å². The normalized spacial score (nSPS) is 10.3. The average molecular weight is 341 g/mol. The Hall–Kier alpha value is -1.95. The van der Waals surface area contributed by atoms with Gasteiger partial charge in [0, 0.05) is 11.6 Å². The van der Waals surface area contributed by atoms with Crippen molar-refractivity contribution in [1.82, 2.24) is 0 Å². The molecule has 0 radical (unpaired) electrons. The number of aromatic carboxylic acids is 1. The van der Waals surface area contributed by atoms with Crippen LogP contribution in [0.4, 0.5) is 0 Å². The standard InChI is InChI=1S/C14H13BrO5/c1-8-9(5-13(20-8)14(16)17)7-19-10-3-4-11(15)12(6-10)18-2/h3-6H,7H2,1-2H3,(H,16,17). The van der Waals surface area contributed by atoms with Crippen molar-refractivity contribution < 1.29 is 23.8 Å². The second-order valence-electron chi connectivity index (χ2n) is 4.08. The van der Waals surface area contributed by atoms with Crippen molar-refractivity contribution >= 4 is 21.9 Å². The molecule has 0 spiro atoms. The molecule has 5 nitrogen and oxygen atoms in total. The summed E-state index contributed by atoms with van der Waals surface area (Å²) >= 11 is 3.36. The molecule has 0 aliphatic rings. The maximum absolute atomic E-state index is 10.8. The highest BCUT2D eigenvalue weighted by Crippen LogP contribution is 2.29. The number of carboxylic acids is 1. The van der Waals surface area contributed by atoms with Gasteiger partial charge < -0.3 is 19.0 Å². The third-order valence-corrected chi connectivity index (χ3v) is 3.40. The molecule has 0 aliphatic heterocycles. The summed E-state index contributed by atoms with van der Waals surface area (Å²) in [5, 5.41) is 8.85. The number of methoxy groups -OCH3 is 1. The number of carboxylic acid groups (broad SMARTS) is 1. The lowest BCUT2D eigenvalue weighted by Crippen LogP contribution is -1.96. The topological polar surface area (TPSA) is 68.9 Å². The van der Waals surface area contributed by atoms with Crippen LogP contribution in [0.2, 0.25) is 0 Å². The van der Waals surface area contributed by atoms with Crippen molar-refractivity contribution in [3.63, 3.8) is 0 Å². The molecule has 1 N–H and O–H groups in total. The molecule has 0 bridgehead atoms. The summed E-state index contributed by atoms with van der Waals surface area (Å²) in [6.07, 6.45) is 0. The van der Waals surface area contributed by atoms with Crippen LogP contribution in [0.1, 0.15) is 21.9 Å². The molecule has 0 saturated heterocycles. The quantitative estimate of drug-likeness (QED) is 0.899. The van der Waals surface area contributed by atoms with E-state index in [1.54, 1.807) is 26.2 Å². The van der Waals surface area contributed by atoms with Crippen LogP contribution in [-0.4, -0.2) is 18.2 Å². The van der Waals surface area contributed by atoms with Gasteiger partial charge in [0.2, 0.25) is 5.76 Å². The molecule has 0 amide bonds. The molecular formula is C14H13BrO5. The largest absolute Gasteiger partial charge is 0.495 e. The fourth-order valence-corrected chi connectivity index (χ4v) is 2.07. The lowest BCUT2D eigenvalue weighted by atomic mass is 10.2. The lowest BCUT2D eigenvalue weighted by molar-refractivity contribution is 0.0661. The maximum atomic E-state index is 10.8. The van der Waals surface area contributed by atoms with Crippen LogP contribution in [0.5, 0.6) is 11.5 Å². The molecule has 1 aromatic heterocycles. The monoisotopic (exact) mass is 340 g/mol. The Balaban J connectivity index is 2.10. The Labute approximate surface area is 124 Å². The number of rotatable bonds is 5. The lowest BCUT2D eigenvalue weighted by Gasteiger charge is -2.08. The molecule has 1 aromatic carbocycles. The summed E-state index contributed by atoms with van der Waals surface area (Å²) in [6.45, 7) is 1.93. The highest BCUT2D eigenvalue weighted by molar-refractivity contribution is 9.10. The number of hydrogen-bond acceptors (Lipinski definition) is 4. The third kappa shape index (κ3) is 3.14. The molecule has 0 atom stereocenters. The van der Waals surface area contributed by atoms with Gasteiger partial charge in [0.25, 0.3) is 0 Å². The van der Waals surface area contributed by atoms with Crippen LogP contribution in [-0.2, 0) is 6.61 Å². The third-order valence-electron chi connectivity index (χ3n) is 2.75. The second-order valence-corrected chi connectivity index (χ2v) is 4.94. The molecule has 106 valence electrons. The van der Waals surface area contributed by atoms with Crippen molar-refractivity contribution in [3.8, 4) is 11.5 Å². The van der Waals surface area contributed by atoms with Crippen molar-refractivity contribution in [1.29, 1.82) is 0 Å². The number of halogens is 1. The number of hydrogen-bond donors (Lipinski definition) is 1. The fourth-order valence-electron chi connectivity index (χ4n) is 1.66. The maximum Gasteiger partial charge on any atom is 0.371 e. The summed E-state index contributed by atoms with van der Waals surface area (Å²) in [5.41, 5.74) is 0.698. The van der Waals surface area contributed by atoms with Crippen molar-refractivity contribution in [2.24, 2.45) is 0 Å². The van der Waals surface area contributed by atoms with E-state index in [0.29, 0.717) is 22.8 Å². The van der Waals surface area contributed by atoms with E-state index in [4.69, 9.17) is 19.0 Å². The molecule has 20 heavy (non-hydrogen) atoms. The Kier molecular flexibility index (Phi) is 4.34. The first kappa shape index (κ1) is 14.5. The van der Waals surface area contributed by atoms with Gasteiger partial charge in [-0.3, -0.25) is 0 Å². The smallest absolute Gasteiger partial charge is 0.371 e. The second kappa shape index (κ2) is 6.00. The molecular weight excluding hydrogens is 328 g/mol. The minimum atomic E-state index is -1.09. The fraction of sp³-hybridized carbons (Fsp3) is 0.214. The minimum absolute atomic E-state index is 0.0884. The SMILES string of the molecule is COc1cc(OCc2cc(C(=O)O)oc2C)ccc1Br. The predicted octanol–water partition coefficient (Wildman–Crippen LogP) is 3.64. The van der Waals surface area contributed by atoms with E-state index >= 15 is 0 Å². The zero-order chi connectivity index (χ0) is 14.7. The molecule has 1 heterocycles. The molecule has 6 heteroatoms. The summed E-state index contributed by atoms with van der Waals surface area (Å²) in [5.74, 6) is 0.644. The zero-order valence-electron chi connectivity index (χ0n) is 11.0. The Bertz CT molecular complexity index is 632. The van der Waals surface area contributed by atoms with E-state index in [2.05, 4.69) is 15.9 Å². The van der Waals surface area contributed by atoms with Gasteiger partial charge in [-0.05, 0) is 41.1 Å². The van der Waals surface area contributed by atoms with E-state index in [1.165, 1.54) is 6.07 Å². The summed E-state index contributed by atoms with van der Waals surface area (Å²) in [4.78, 5) is 10.8. The van der Waals surface area contributed by atoms with Crippen molar-refractivity contribution in [2.75, 3.05) is 7.11 Å². The number of benzene rings is 1. The van der Waals surface area contributed by atoms with Gasteiger partial charge in [0.05, 0.1) is 11.6 Å². The molecule has 0 fully saturated rings. The highest BCUT2D eigenvalue weighted by atomic mass is 79.9. The van der Waals surface area contributed by atoms with Gasteiger partial charge >= 0.3 is 5.97 Å². The van der Waals surface area contributed by atoms with Gasteiger partial charge in [-0.25, -0.2) is 4.79 Å². The molecule has 0 aliphatic carbocycles. The number of carbonyl (C=O) groups is 1. The van der Waals surface area contributed by atoms with Crippen LogP contribution in [0.3, 0.4) is 0 Å². The van der Waals surface area contributed by atoms with Crippen LogP contribution >= 0.6 is 15.9 Å². The Morgan fingerprint density at radius 1 is 1.40 bits per heavy atom. The molecule has 0 unspecified atom stereocenters. The van der Waals surface area contributed by atoms with Crippen molar-refractivity contribution in [3.05, 3.63) is 45.8 Å². The van der Waals surface area contributed by atoms with E-state index < -0.39 is 5.97 Å². The average Bonchev–Trinajstić information content (AvgIpc) is 2.79. The van der Waals surface area contributed by atoms with Crippen LogP contribution in [0.25, 0.3) is 0 Å². The van der Waals surface area contributed by atoms with Crippen LogP contribution in [0, 0.1) is 6.92 Å². The molecule has 0 saturated carbocycles. The van der Waals surface area contributed by atoms with E-state index in [0.717, 1.165) is 4.47 Å². The van der Waals surface area contributed by atoms with E-state index in [-0.39, 0.29) is 12.4 Å². The summed E-state index contributed by atoms with van der Waals surface area (Å²) < 4.78 is 16.7. The number of ether oxygens (including phenoxy) is 2. The summed E-state index contributed by atoms with van der Waals surface area (Å²) in [6, 6.07) is 6.82.